The lowest BCUT2D eigenvalue weighted by atomic mass is 9.96. The van der Waals surface area contributed by atoms with E-state index in [2.05, 4.69) is 25.9 Å². The zero-order chi connectivity index (χ0) is 17.6. The standard InChI is InChI=1S/C18H27N5O2.HI/c1-3-19-18(22-14-11-13-7-8-15(14)25-13)20-10-9-17(24)23-16-6-4-5-12(2)21-16;/h4-6,13-15H,3,7-11H2,1-2H3,(H2,19,20,22)(H,21,23,24);1H. The SMILES string of the molecule is CCNC(=NCCC(=O)Nc1cccc(C)n1)NC1CC2CCC1O2.I. The molecule has 2 fully saturated rings. The van der Waals surface area contributed by atoms with Crippen LogP contribution in [0.3, 0.4) is 0 Å². The zero-order valence-electron chi connectivity index (χ0n) is 15.3. The Labute approximate surface area is 171 Å². The van der Waals surface area contributed by atoms with Gasteiger partial charge in [-0.05, 0) is 45.2 Å². The molecule has 2 aliphatic heterocycles. The first-order valence-electron chi connectivity index (χ1n) is 9.08. The average molecular weight is 473 g/mol. The molecule has 0 aliphatic carbocycles. The second kappa shape index (κ2) is 10.1. The van der Waals surface area contributed by atoms with E-state index in [4.69, 9.17) is 4.74 Å². The van der Waals surface area contributed by atoms with E-state index in [0.29, 0.717) is 37.0 Å². The highest BCUT2D eigenvalue weighted by atomic mass is 127. The number of carbonyl (C=O) groups excluding carboxylic acids is 1. The fourth-order valence-corrected chi connectivity index (χ4v) is 3.37. The fourth-order valence-electron chi connectivity index (χ4n) is 3.37. The van der Waals surface area contributed by atoms with Crippen molar-refractivity contribution in [3.63, 3.8) is 0 Å². The molecule has 3 heterocycles. The van der Waals surface area contributed by atoms with E-state index in [1.54, 1.807) is 6.07 Å². The number of aliphatic imine (C=N–C) groups is 1. The Morgan fingerprint density at radius 2 is 2.23 bits per heavy atom. The molecule has 144 valence electrons. The molecule has 0 radical (unpaired) electrons. The number of aromatic nitrogens is 1. The van der Waals surface area contributed by atoms with Crippen molar-refractivity contribution in [2.24, 2.45) is 4.99 Å². The molecule has 8 heteroatoms. The fraction of sp³-hybridized carbons (Fsp3) is 0.611. The largest absolute Gasteiger partial charge is 0.373 e. The monoisotopic (exact) mass is 473 g/mol. The van der Waals surface area contributed by atoms with Crippen molar-refractivity contribution in [2.45, 2.75) is 57.8 Å². The molecule has 1 aromatic rings. The van der Waals surface area contributed by atoms with Crippen LogP contribution in [0.1, 0.15) is 38.3 Å². The van der Waals surface area contributed by atoms with Crippen LogP contribution in [0.25, 0.3) is 0 Å². The van der Waals surface area contributed by atoms with Gasteiger partial charge in [0, 0.05) is 18.7 Å². The number of amides is 1. The number of hydrogen-bond donors (Lipinski definition) is 3. The predicted molar refractivity (Wildman–Crippen MR) is 113 cm³/mol. The lowest BCUT2D eigenvalue weighted by Gasteiger charge is -2.22. The average Bonchev–Trinajstić information content (AvgIpc) is 3.18. The maximum atomic E-state index is 12.0. The van der Waals surface area contributed by atoms with Gasteiger partial charge in [-0.3, -0.25) is 9.79 Å². The summed E-state index contributed by atoms with van der Waals surface area (Å²) in [7, 11) is 0. The Morgan fingerprint density at radius 1 is 1.38 bits per heavy atom. The van der Waals surface area contributed by atoms with Crippen LogP contribution in [-0.4, -0.2) is 48.2 Å². The van der Waals surface area contributed by atoms with Gasteiger partial charge in [0.2, 0.25) is 5.91 Å². The van der Waals surface area contributed by atoms with Gasteiger partial charge in [-0.2, -0.15) is 0 Å². The molecule has 2 saturated heterocycles. The highest BCUT2D eigenvalue weighted by Gasteiger charge is 2.41. The summed E-state index contributed by atoms with van der Waals surface area (Å²) in [6.07, 6.45) is 4.34. The predicted octanol–water partition coefficient (Wildman–Crippen LogP) is 2.21. The Hall–Kier alpha value is -1.42. The van der Waals surface area contributed by atoms with Crippen LogP contribution < -0.4 is 16.0 Å². The summed E-state index contributed by atoms with van der Waals surface area (Å²) < 4.78 is 5.87. The Kier molecular flexibility index (Phi) is 8.08. The number of aryl methyl sites for hydroxylation is 1. The first kappa shape index (κ1) is 20.9. The van der Waals surface area contributed by atoms with Crippen LogP contribution in [-0.2, 0) is 9.53 Å². The molecule has 0 saturated carbocycles. The summed E-state index contributed by atoms with van der Waals surface area (Å²) in [5.74, 6) is 1.25. The molecule has 0 spiro atoms. The number of halogens is 1. The van der Waals surface area contributed by atoms with Crippen LogP contribution in [0.5, 0.6) is 0 Å². The lowest BCUT2D eigenvalue weighted by Crippen LogP contribution is -2.47. The zero-order valence-corrected chi connectivity index (χ0v) is 17.7. The highest BCUT2D eigenvalue weighted by Crippen LogP contribution is 2.34. The van der Waals surface area contributed by atoms with Gasteiger partial charge in [-0.25, -0.2) is 4.98 Å². The van der Waals surface area contributed by atoms with Crippen molar-refractivity contribution in [3.8, 4) is 0 Å². The third-order valence-electron chi connectivity index (χ3n) is 4.54. The lowest BCUT2D eigenvalue weighted by molar-refractivity contribution is -0.116. The van der Waals surface area contributed by atoms with E-state index in [-0.39, 0.29) is 29.9 Å². The molecule has 3 rings (SSSR count). The van der Waals surface area contributed by atoms with Crippen molar-refractivity contribution in [2.75, 3.05) is 18.4 Å². The van der Waals surface area contributed by atoms with Crippen molar-refractivity contribution in [1.29, 1.82) is 0 Å². The third kappa shape index (κ3) is 5.80. The number of guanidine groups is 1. The molecular formula is C18H28IN5O2. The van der Waals surface area contributed by atoms with Crippen molar-refractivity contribution < 1.29 is 9.53 Å². The minimum absolute atomic E-state index is 0. The number of ether oxygens (including phenoxy) is 1. The van der Waals surface area contributed by atoms with Gasteiger partial charge in [0.1, 0.15) is 5.82 Å². The van der Waals surface area contributed by atoms with Crippen molar-refractivity contribution in [1.82, 2.24) is 15.6 Å². The van der Waals surface area contributed by atoms with Crippen LogP contribution in [0.4, 0.5) is 5.82 Å². The van der Waals surface area contributed by atoms with Gasteiger partial charge in [0.15, 0.2) is 5.96 Å². The first-order chi connectivity index (χ1) is 12.1. The molecule has 26 heavy (non-hydrogen) atoms. The molecule has 2 bridgehead atoms. The number of pyridine rings is 1. The number of fused-ring (bicyclic) bond motifs is 2. The molecule has 7 nitrogen and oxygen atoms in total. The number of hydrogen-bond acceptors (Lipinski definition) is 4. The first-order valence-corrected chi connectivity index (χ1v) is 9.08. The molecule has 1 amide bonds. The number of anilines is 1. The van der Waals surface area contributed by atoms with Gasteiger partial charge < -0.3 is 20.7 Å². The smallest absolute Gasteiger partial charge is 0.227 e. The van der Waals surface area contributed by atoms with E-state index in [1.807, 2.05) is 26.0 Å². The van der Waals surface area contributed by atoms with Crippen LogP contribution in [0.2, 0.25) is 0 Å². The van der Waals surface area contributed by atoms with Gasteiger partial charge in [0.25, 0.3) is 0 Å². The van der Waals surface area contributed by atoms with Gasteiger partial charge >= 0.3 is 0 Å². The Bertz CT molecular complexity index is 640. The summed E-state index contributed by atoms with van der Waals surface area (Å²) in [4.78, 5) is 20.8. The van der Waals surface area contributed by atoms with Gasteiger partial charge in [-0.1, -0.05) is 6.07 Å². The maximum Gasteiger partial charge on any atom is 0.227 e. The van der Waals surface area contributed by atoms with Crippen molar-refractivity contribution in [3.05, 3.63) is 23.9 Å². The summed E-state index contributed by atoms with van der Waals surface area (Å²) >= 11 is 0. The number of rotatable bonds is 6. The van der Waals surface area contributed by atoms with E-state index >= 15 is 0 Å². The van der Waals surface area contributed by atoms with Crippen LogP contribution >= 0.6 is 24.0 Å². The van der Waals surface area contributed by atoms with Gasteiger partial charge in [0.05, 0.1) is 24.8 Å². The van der Waals surface area contributed by atoms with Gasteiger partial charge in [-0.15, -0.1) is 24.0 Å². The summed E-state index contributed by atoms with van der Waals surface area (Å²) in [5, 5.41) is 9.49. The van der Waals surface area contributed by atoms with E-state index in [0.717, 1.165) is 31.0 Å². The quantitative estimate of drug-likeness (QED) is 0.335. The Balaban J connectivity index is 0.00000243. The summed E-state index contributed by atoms with van der Waals surface area (Å²) in [6, 6.07) is 5.88. The molecule has 0 aromatic carbocycles. The maximum absolute atomic E-state index is 12.0. The second-order valence-electron chi connectivity index (χ2n) is 6.58. The highest BCUT2D eigenvalue weighted by molar-refractivity contribution is 14.0. The van der Waals surface area contributed by atoms with E-state index < -0.39 is 0 Å². The molecule has 3 atom stereocenters. The molecule has 1 aromatic heterocycles. The summed E-state index contributed by atoms with van der Waals surface area (Å²) in [6.45, 7) is 5.14. The normalized spacial score (nSPS) is 24.1. The third-order valence-corrected chi connectivity index (χ3v) is 4.54. The minimum atomic E-state index is -0.0824. The number of carbonyl (C=O) groups is 1. The van der Waals surface area contributed by atoms with Crippen LogP contribution in [0, 0.1) is 6.92 Å². The minimum Gasteiger partial charge on any atom is -0.373 e. The van der Waals surface area contributed by atoms with E-state index in [9.17, 15) is 4.79 Å². The Morgan fingerprint density at radius 3 is 2.88 bits per heavy atom. The molecule has 3 N–H and O–H groups in total. The number of nitrogens with zero attached hydrogens (tertiary/aromatic N) is 2. The topological polar surface area (TPSA) is 87.6 Å². The molecular weight excluding hydrogens is 445 g/mol. The molecule has 2 aliphatic rings. The van der Waals surface area contributed by atoms with E-state index in [1.165, 1.54) is 6.42 Å². The second-order valence-corrected chi connectivity index (χ2v) is 6.58. The number of nitrogens with one attached hydrogen (secondary N) is 3. The molecule has 3 unspecified atom stereocenters. The van der Waals surface area contributed by atoms with Crippen LogP contribution in [0.15, 0.2) is 23.2 Å². The summed E-state index contributed by atoms with van der Waals surface area (Å²) in [5.41, 5.74) is 0.877. The van der Waals surface area contributed by atoms with Crippen molar-refractivity contribution >= 4 is 41.7 Å².